The predicted molar refractivity (Wildman–Crippen MR) is 97.9 cm³/mol. The minimum Gasteiger partial charge on any atom is -0.495 e. The van der Waals surface area contributed by atoms with Gasteiger partial charge >= 0.3 is 6.03 Å². The van der Waals surface area contributed by atoms with Crippen molar-refractivity contribution >= 4 is 23.3 Å². The highest BCUT2D eigenvalue weighted by molar-refractivity contribution is 6.32. The van der Waals surface area contributed by atoms with Crippen LogP contribution < -0.4 is 15.4 Å². The van der Waals surface area contributed by atoms with E-state index in [4.69, 9.17) is 16.3 Å². The third-order valence-corrected chi connectivity index (χ3v) is 4.02. The van der Waals surface area contributed by atoms with Crippen LogP contribution in [0.1, 0.15) is 11.6 Å². The molecular formula is C18H21ClFN3O2. The van der Waals surface area contributed by atoms with E-state index < -0.39 is 0 Å². The molecule has 2 aromatic carbocycles. The average molecular weight is 366 g/mol. The summed E-state index contributed by atoms with van der Waals surface area (Å²) in [7, 11) is 5.27. The van der Waals surface area contributed by atoms with Crippen molar-refractivity contribution in [2.24, 2.45) is 0 Å². The first-order valence-corrected chi connectivity index (χ1v) is 8.08. The first-order chi connectivity index (χ1) is 11.9. The summed E-state index contributed by atoms with van der Waals surface area (Å²) in [5.41, 5.74) is 1.34. The molecule has 0 radical (unpaired) electrons. The molecule has 0 fully saturated rings. The smallest absolute Gasteiger partial charge is 0.319 e. The van der Waals surface area contributed by atoms with Gasteiger partial charge in [-0.15, -0.1) is 0 Å². The van der Waals surface area contributed by atoms with E-state index in [2.05, 4.69) is 10.6 Å². The van der Waals surface area contributed by atoms with Crippen molar-refractivity contribution in [1.29, 1.82) is 0 Å². The average Bonchev–Trinajstić information content (AvgIpc) is 2.55. The lowest BCUT2D eigenvalue weighted by atomic mass is 10.1. The molecule has 0 saturated heterocycles. The molecule has 2 rings (SSSR count). The summed E-state index contributed by atoms with van der Waals surface area (Å²) >= 11 is 6.04. The number of nitrogens with zero attached hydrogens (tertiary/aromatic N) is 1. The van der Waals surface area contributed by atoms with Gasteiger partial charge in [0, 0.05) is 12.2 Å². The fraction of sp³-hybridized carbons (Fsp3) is 0.278. The number of amides is 2. The number of nitrogens with one attached hydrogen (secondary N) is 2. The van der Waals surface area contributed by atoms with Crippen LogP contribution in [0.3, 0.4) is 0 Å². The molecule has 0 aliphatic carbocycles. The third kappa shape index (κ3) is 5.34. The predicted octanol–water partition coefficient (Wildman–Crippen LogP) is 3.91. The lowest BCUT2D eigenvalue weighted by Gasteiger charge is -2.25. The molecule has 0 spiro atoms. The summed E-state index contributed by atoms with van der Waals surface area (Å²) in [4.78, 5) is 14.0. The van der Waals surface area contributed by atoms with Gasteiger partial charge in [-0.3, -0.25) is 0 Å². The highest BCUT2D eigenvalue weighted by Crippen LogP contribution is 2.27. The molecule has 7 heteroatoms. The van der Waals surface area contributed by atoms with Gasteiger partial charge in [0.1, 0.15) is 11.6 Å². The fourth-order valence-corrected chi connectivity index (χ4v) is 2.68. The molecule has 2 N–H and O–H groups in total. The van der Waals surface area contributed by atoms with Crippen LogP contribution in [0.4, 0.5) is 14.9 Å². The van der Waals surface area contributed by atoms with Gasteiger partial charge in [0.05, 0.1) is 18.2 Å². The zero-order chi connectivity index (χ0) is 18.4. The van der Waals surface area contributed by atoms with E-state index in [1.165, 1.54) is 19.2 Å². The summed E-state index contributed by atoms with van der Waals surface area (Å²) in [6, 6.07) is 10.8. The lowest BCUT2D eigenvalue weighted by molar-refractivity contribution is 0.243. The van der Waals surface area contributed by atoms with Crippen LogP contribution in [0.15, 0.2) is 42.5 Å². The molecule has 5 nitrogen and oxygen atoms in total. The summed E-state index contributed by atoms with van der Waals surface area (Å²) in [5.74, 6) is 0.230. The Morgan fingerprint density at radius 1 is 1.28 bits per heavy atom. The molecule has 1 atom stereocenters. The number of likely N-dealkylation sites (N-methyl/N-ethyl adjacent to an activating group) is 1. The minimum absolute atomic E-state index is 0.152. The second-order valence-corrected chi connectivity index (χ2v) is 6.13. The molecule has 2 aromatic rings. The number of hydrogen-bond donors (Lipinski definition) is 2. The maximum absolute atomic E-state index is 13.4. The van der Waals surface area contributed by atoms with Crippen LogP contribution in [0.5, 0.6) is 5.75 Å². The number of rotatable bonds is 6. The van der Waals surface area contributed by atoms with Crippen molar-refractivity contribution in [2.45, 2.75) is 6.04 Å². The summed E-state index contributed by atoms with van der Waals surface area (Å²) in [6.07, 6.45) is 0. The highest BCUT2D eigenvalue weighted by atomic mass is 35.5. The minimum atomic E-state index is -0.371. The number of carbonyl (C=O) groups is 1. The molecule has 0 aromatic heterocycles. The Hall–Kier alpha value is -2.31. The van der Waals surface area contributed by atoms with E-state index >= 15 is 0 Å². The first-order valence-electron chi connectivity index (χ1n) is 7.71. The largest absolute Gasteiger partial charge is 0.495 e. The molecule has 0 aliphatic rings. The van der Waals surface area contributed by atoms with Crippen LogP contribution in [-0.2, 0) is 0 Å². The second kappa shape index (κ2) is 8.69. The van der Waals surface area contributed by atoms with Gasteiger partial charge in [-0.05, 0) is 50.0 Å². The fourth-order valence-electron chi connectivity index (χ4n) is 2.42. The zero-order valence-corrected chi connectivity index (χ0v) is 15.1. The van der Waals surface area contributed by atoms with E-state index in [9.17, 15) is 9.18 Å². The quantitative estimate of drug-likeness (QED) is 0.816. The third-order valence-electron chi connectivity index (χ3n) is 3.72. The second-order valence-electron chi connectivity index (χ2n) is 5.72. The Labute approximate surface area is 151 Å². The number of hydrogen-bond acceptors (Lipinski definition) is 3. The lowest BCUT2D eigenvalue weighted by Crippen LogP contribution is -2.36. The molecule has 0 saturated carbocycles. The van der Waals surface area contributed by atoms with Gasteiger partial charge in [-0.2, -0.15) is 0 Å². The number of anilines is 1. The van der Waals surface area contributed by atoms with Crippen LogP contribution >= 0.6 is 11.6 Å². The summed E-state index contributed by atoms with van der Waals surface area (Å²) in [6.45, 7) is 0.326. The van der Waals surface area contributed by atoms with Crippen LogP contribution in [0.2, 0.25) is 5.02 Å². The van der Waals surface area contributed by atoms with Gasteiger partial charge in [-0.25, -0.2) is 9.18 Å². The summed E-state index contributed by atoms with van der Waals surface area (Å²) < 4.78 is 18.5. The van der Waals surface area contributed by atoms with E-state index in [0.717, 1.165) is 5.56 Å². The molecular weight excluding hydrogens is 345 g/mol. The maximum Gasteiger partial charge on any atom is 0.319 e. The van der Waals surface area contributed by atoms with Gasteiger partial charge in [0.2, 0.25) is 0 Å². The van der Waals surface area contributed by atoms with Crippen molar-refractivity contribution in [2.75, 3.05) is 33.1 Å². The monoisotopic (exact) mass is 365 g/mol. The molecule has 25 heavy (non-hydrogen) atoms. The van der Waals surface area contributed by atoms with E-state index in [1.54, 1.807) is 24.3 Å². The van der Waals surface area contributed by atoms with Gasteiger partial charge in [0.25, 0.3) is 0 Å². The summed E-state index contributed by atoms with van der Waals surface area (Å²) in [5, 5.41) is 5.91. The van der Waals surface area contributed by atoms with E-state index in [1.807, 2.05) is 25.1 Å². The SMILES string of the molecule is COc1ccc(NC(=O)NCC(c2cccc(F)c2)N(C)C)cc1Cl. The number of carbonyl (C=O) groups excluding carboxylic acids is 1. The van der Waals surface area contributed by atoms with Gasteiger partial charge in [-0.1, -0.05) is 23.7 Å². The highest BCUT2D eigenvalue weighted by Gasteiger charge is 2.16. The van der Waals surface area contributed by atoms with Crippen LogP contribution in [0, 0.1) is 5.82 Å². The topological polar surface area (TPSA) is 53.6 Å². The van der Waals surface area contributed by atoms with Crippen molar-refractivity contribution in [1.82, 2.24) is 10.2 Å². The van der Waals surface area contributed by atoms with Gasteiger partial charge in [0.15, 0.2) is 0 Å². The molecule has 134 valence electrons. The van der Waals surface area contributed by atoms with Gasteiger partial charge < -0.3 is 20.3 Å². The number of urea groups is 1. The number of halogens is 2. The number of methoxy groups -OCH3 is 1. The van der Waals surface area contributed by atoms with E-state index in [-0.39, 0.29) is 17.9 Å². The number of benzene rings is 2. The molecule has 1 unspecified atom stereocenters. The van der Waals surface area contributed by atoms with Crippen LogP contribution in [0.25, 0.3) is 0 Å². The maximum atomic E-state index is 13.4. The Bertz CT molecular complexity index is 740. The Balaban J connectivity index is 1.98. The molecule has 0 aliphatic heterocycles. The van der Waals surface area contributed by atoms with Crippen molar-refractivity contribution < 1.29 is 13.9 Å². The van der Waals surface area contributed by atoms with Crippen molar-refractivity contribution in [3.05, 3.63) is 58.9 Å². The van der Waals surface area contributed by atoms with Crippen molar-refractivity contribution in [3.8, 4) is 5.75 Å². The van der Waals surface area contributed by atoms with Crippen molar-refractivity contribution in [3.63, 3.8) is 0 Å². The molecule has 0 heterocycles. The molecule has 0 bridgehead atoms. The Morgan fingerprint density at radius 3 is 2.64 bits per heavy atom. The first kappa shape index (κ1) is 19.0. The normalized spacial score (nSPS) is 11.9. The zero-order valence-electron chi connectivity index (χ0n) is 14.3. The Kier molecular flexibility index (Phi) is 6.61. The number of ether oxygens (including phenoxy) is 1. The Morgan fingerprint density at radius 2 is 2.04 bits per heavy atom. The standard InChI is InChI=1S/C18H21ClFN3O2/c1-23(2)16(12-5-4-6-13(20)9-12)11-21-18(24)22-14-7-8-17(25-3)15(19)10-14/h4-10,16H,11H2,1-3H3,(H2,21,22,24). The molecule has 2 amide bonds. The van der Waals surface area contributed by atoms with Crippen LogP contribution in [-0.4, -0.2) is 38.7 Å². The van der Waals surface area contributed by atoms with E-state index in [0.29, 0.717) is 23.0 Å².